The quantitative estimate of drug-likeness (QED) is 0.642. The Kier molecular flexibility index (Phi) is 8.72. The van der Waals surface area contributed by atoms with E-state index in [-0.39, 0.29) is 0 Å². The molecule has 0 spiro atoms. The first-order valence-electron chi connectivity index (χ1n) is 8.40. The van der Waals surface area contributed by atoms with Crippen molar-refractivity contribution in [3.63, 3.8) is 0 Å². The van der Waals surface area contributed by atoms with Crippen LogP contribution in [0.15, 0.2) is 11.6 Å². The predicted molar refractivity (Wildman–Crippen MR) is 89.7 cm³/mol. The molecule has 0 radical (unpaired) electrons. The molecule has 2 aliphatic heterocycles. The Bertz CT molecular complexity index is 341. The van der Waals surface area contributed by atoms with Crippen LogP contribution < -0.4 is 5.32 Å². The van der Waals surface area contributed by atoms with Gasteiger partial charge in [0, 0.05) is 19.8 Å². The van der Waals surface area contributed by atoms with E-state index in [9.17, 15) is 0 Å². The average molecular weight is 311 g/mol. The summed E-state index contributed by atoms with van der Waals surface area (Å²) in [5, 5.41) is 3.59. The predicted octanol–water partition coefficient (Wildman–Crippen LogP) is 3.17. The highest BCUT2D eigenvalue weighted by molar-refractivity contribution is 5.36. The molecule has 0 amide bonds. The Labute approximate surface area is 135 Å². The highest BCUT2D eigenvalue weighted by Gasteiger charge is 2.27. The van der Waals surface area contributed by atoms with Gasteiger partial charge in [-0.1, -0.05) is 32.4 Å². The number of piperidine rings is 1. The Hall–Kier alpha value is -0.870. The minimum Gasteiger partial charge on any atom is -0.471 e. The van der Waals surface area contributed by atoms with E-state index in [4.69, 9.17) is 9.53 Å². The zero-order valence-electron chi connectivity index (χ0n) is 14.7. The van der Waals surface area contributed by atoms with Gasteiger partial charge in [-0.05, 0) is 49.5 Å². The molecule has 2 fully saturated rings. The van der Waals surface area contributed by atoms with Crippen LogP contribution in [0.5, 0.6) is 0 Å². The molecule has 4 nitrogen and oxygen atoms in total. The lowest BCUT2D eigenvalue weighted by atomic mass is 9.75. The molecule has 2 heterocycles. The summed E-state index contributed by atoms with van der Waals surface area (Å²) < 4.78 is 9.28. The standard InChI is InChI=1S/C16H29NO.C2H4O2/c1-16(2,3)15-10-14(11-17-12-15)5-4-13-6-8-18-9-7-13;1-4-2-3/h5,13,15,17H,4,6-12H2,1-3H3;2H,1H3. The van der Waals surface area contributed by atoms with Crippen LogP contribution in [-0.2, 0) is 14.3 Å². The summed E-state index contributed by atoms with van der Waals surface area (Å²) in [6.07, 6.45) is 7.57. The molecule has 22 heavy (non-hydrogen) atoms. The number of ether oxygens (including phenoxy) is 2. The van der Waals surface area contributed by atoms with Crippen LogP contribution >= 0.6 is 0 Å². The monoisotopic (exact) mass is 311 g/mol. The summed E-state index contributed by atoms with van der Waals surface area (Å²) >= 11 is 0. The molecule has 1 atom stereocenters. The van der Waals surface area contributed by atoms with Crippen LogP contribution in [0.3, 0.4) is 0 Å². The van der Waals surface area contributed by atoms with Crippen LogP contribution in [0, 0.1) is 17.3 Å². The number of hydrogen-bond donors (Lipinski definition) is 1. The van der Waals surface area contributed by atoms with E-state index in [1.165, 1.54) is 39.3 Å². The SMILES string of the molecule is CC(C)(C)C1CNCC(=CCC2CCOCC2)C1.COC=O. The first-order chi connectivity index (χ1) is 10.5. The lowest BCUT2D eigenvalue weighted by Crippen LogP contribution is -2.38. The second-order valence-electron chi connectivity index (χ2n) is 7.38. The van der Waals surface area contributed by atoms with Crippen molar-refractivity contribution in [2.75, 3.05) is 33.4 Å². The summed E-state index contributed by atoms with van der Waals surface area (Å²) in [5.41, 5.74) is 2.05. The summed E-state index contributed by atoms with van der Waals surface area (Å²) in [6.45, 7) is 11.7. The Morgan fingerprint density at radius 2 is 1.95 bits per heavy atom. The minimum absolute atomic E-state index is 0.375. The third-order valence-electron chi connectivity index (χ3n) is 4.65. The van der Waals surface area contributed by atoms with E-state index < -0.39 is 0 Å². The maximum atomic E-state index is 8.95. The van der Waals surface area contributed by atoms with E-state index in [0.717, 1.165) is 31.6 Å². The Morgan fingerprint density at radius 1 is 1.32 bits per heavy atom. The molecule has 0 aliphatic carbocycles. The van der Waals surface area contributed by atoms with Gasteiger partial charge in [0.1, 0.15) is 0 Å². The van der Waals surface area contributed by atoms with Gasteiger partial charge in [-0.2, -0.15) is 0 Å². The number of methoxy groups -OCH3 is 1. The van der Waals surface area contributed by atoms with Crippen LogP contribution in [0.25, 0.3) is 0 Å². The van der Waals surface area contributed by atoms with Crippen LogP contribution in [0.4, 0.5) is 0 Å². The van der Waals surface area contributed by atoms with E-state index >= 15 is 0 Å². The molecular weight excluding hydrogens is 278 g/mol. The molecule has 0 aromatic heterocycles. The van der Waals surface area contributed by atoms with Gasteiger partial charge in [0.15, 0.2) is 0 Å². The van der Waals surface area contributed by atoms with Crippen molar-refractivity contribution in [3.05, 3.63) is 11.6 Å². The summed E-state index contributed by atoms with van der Waals surface area (Å²) in [5.74, 6) is 1.65. The zero-order chi connectivity index (χ0) is 16.4. The van der Waals surface area contributed by atoms with Gasteiger partial charge in [0.2, 0.25) is 0 Å². The minimum atomic E-state index is 0.375. The number of allylic oxidation sites excluding steroid dienone is 1. The van der Waals surface area contributed by atoms with Gasteiger partial charge in [-0.3, -0.25) is 4.79 Å². The van der Waals surface area contributed by atoms with Gasteiger partial charge in [0.05, 0.1) is 7.11 Å². The average Bonchev–Trinajstić information content (AvgIpc) is 2.54. The Balaban J connectivity index is 0.000000541. The van der Waals surface area contributed by atoms with E-state index in [0.29, 0.717) is 11.9 Å². The maximum Gasteiger partial charge on any atom is 0.292 e. The highest BCUT2D eigenvalue weighted by Crippen LogP contribution is 2.33. The van der Waals surface area contributed by atoms with E-state index in [1.54, 1.807) is 5.57 Å². The van der Waals surface area contributed by atoms with Crippen molar-refractivity contribution in [2.24, 2.45) is 17.3 Å². The summed E-state index contributed by atoms with van der Waals surface area (Å²) in [7, 11) is 1.31. The molecular formula is C18H33NO3. The molecule has 1 unspecified atom stereocenters. The van der Waals surface area contributed by atoms with Gasteiger partial charge in [0.25, 0.3) is 6.47 Å². The third kappa shape index (κ3) is 7.41. The van der Waals surface area contributed by atoms with Gasteiger partial charge >= 0.3 is 0 Å². The first-order valence-corrected chi connectivity index (χ1v) is 8.40. The molecule has 0 aromatic carbocycles. The number of hydrogen-bond acceptors (Lipinski definition) is 4. The maximum absolute atomic E-state index is 8.95. The second kappa shape index (κ2) is 10.0. The van der Waals surface area contributed by atoms with Crippen LogP contribution in [0.1, 0.15) is 46.5 Å². The number of nitrogens with one attached hydrogen (secondary N) is 1. The van der Waals surface area contributed by atoms with Crippen molar-refractivity contribution in [2.45, 2.75) is 46.5 Å². The number of carbonyl (C=O) groups is 1. The molecule has 2 aliphatic rings. The van der Waals surface area contributed by atoms with Gasteiger partial charge < -0.3 is 14.8 Å². The van der Waals surface area contributed by atoms with Crippen molar-refractivity contribution < 1.29 is 14.3 Å². The van der Waals surface area contributed by atoms with Crippen molar-refractivity contribution in [3.8, 4) is 0 Å². The number of carbonyl (C=O) groups excluding carboxylic acids is 1. The largest absolute Gasteiger partial charge is 0.471 e. The van der Waals surface area contributed by atoms with Gasteiger partial charge in [-0.15, -0.1) is 0 Å². The first kappa shape index (κ1) is 19.2. The molecule has 2 rings (SSSR count). The Morgan fingerprint density at radius 3 is 2.50 bits per heavy atom. The fourth-order valence-corrected chi connectivity index (χ4v) is 2.95. The normalized spacial score (nSPS) is 25.3. The molecule has 2 saturated heterocycles. The van der Waals surface area contributed by atoms with Crippen molar-refractivity contribution in [1.29, 1.82) is 0 Å². The third-order valence-corrected chi connectivity index (χ3v) is 4.65. The molecule has 0 aromatic rings. The van der Waals surface area contributed by atoms with Crippen molar-refractivity contribution >= 4 is 6.47 Å². The lowest BCUT2D eigenvalue weighted by molar-refractivity contribution is -0.126. The molecule has 1 N–H and O–H groups in total. The van der Waals surface area contributed by atoms with E-state index in [2.05, 4.69) is 36.9 Å². The number of rotatable bonds is 3. The smallest absolute Gasteiger partial charge is 0.292 e. The molecule has 0 bridgehead atoms. The second-order valence-corrected chi connectivity index (χ2v) is 7.38. The zero-order valence-corrected chi connectivity index (χ0v) is 14.7. The lowest BCUT2D eigenvalue weighted by Gasteiger charge is -2.35. The van der Waals surface area contributed by atoms with Crippen LogP contribution in [0.2, 0.25) is 0 Å². The molecule has 4 heteroatoms. The molecule has 128 valence electrons. The van der Waals surface area contributed by atoms with Crippen LogP contribution in [-0.4, -0.2) is 39.9 Å². The van der Waals surface area contributed by atoms with E-state index in [1.807, 2.05) is 0 Å². The van der Waals surface area contributed by atoms with Gasteiger partial charge in [-0.25, -0.2) is 0 Å². The fraction of sp³-hybridized carbons (Fsp3) is 0.833. The topological polar surface area (TPSA) is 47.6 Å². The highest BCUT2D eigenvalue weighted by atomic mass is 16.5. The van der Waals surface area contributed by atoms with Crippen molar-refractivity contribution in [1.82, 2.24) is 5.32 Å². The molecule has 0 saturated carbocycles. The fourth-order valence-electron chi connectivity index (χ4n) is 2.95. The summed E-state index contributed by atoms with van der Waals surface area (Å²) in [6, 6.07) is 0. The summed E-state index contributed by atoms with van der Waals surface area (Å²) in [4.78, 5) is 8.95.